The second-order valence-corrected chi connectivity index (χ2v) is 2.93. The molecule has 0 atom stereocenters. The first kappa shape index (κ1) is 7.58. The molecular formula is C8H14NO. The molecular weight excluding hydrogens is 126 g/mol. The van der Waals surface area contributed by atoms with Gasteiger partial charge in [-0.1, -0.05) is 6.42 Å². The largest absolute Gasteiger partial charge is 0.334 e. The second kappa shape index (κ2) is 3.59. The van der Waals surface area contributed by atoms with E-state index in [1.807, 2.05) is 13.3 Å². The predicted octanol–water partition coefficient (Wildman–Crippen LogP) is 1.18. The molecule has 0 spiro atoms. The van der Waals surface area contributed by atoms with Crippen molar-refractivity contribution in [2.45, 2.75) is 26.2 Å². The van der Waals surface area contributed by atoms with Crippen molar-refractivity contribution < 1.29 is 4.79 Å². The number of hydrogen-bond donors (Lipinski definition) is 0. The molecule has 1 radical (unpaired) electrons. The van der Waals surface area contributed by atoms with Crippen LogP contribution < -0.4 is 0 Å². The van der Waals surface area contributed by atoms with Crippen LogP contribution in [0, 0.1) is 5.92 Å². The Hall–Kier alpha value is -0.530. The molecule has 57 valence electrons. The zero-order valence-electron chi connectivity index (χ0n) is 6.47. The lowest BCUT2D eigenvalue weighted by Gasteiger charge is -2.28. The van der Waals surface area contributed by atoms with Crippen molar-refractivity contribution in [3.05, 3.63) is 0 Å². The van der Waals surface area contributed by atoms with E-state index >= 15 is 0 Å². The lowest BCUT2D eigenvalue weighted by atomic mass is 9.85. The minimum absolute atomic E-state index is 0.779. The normalized spacial score (nSPS) is 18.1. The molecule has 1 aliphatic rings. The first-order valence-electron chi connectivity index (χ1n) is 3.99. The van der Waals surface area contributed by atoms with E-state index in [4.69, 9.17) is 0 Å². The third kappa shape index (κ3) is 1.72. The van der Waals surface area contributed by atoms with E-state index in [1.165, 1.54) is 19.3 Å². The number of rotatable bonds is 4. The molecule has 0 aromatic rings. The lowest BCUT2D eigenvalue weighted by Crippen LogP contribution is -2.31. The Morgan fingerprint density at radius 3 is 2.60 bits per heavy atom. The van der Waals surface area contributed by atoms with Crippen LogP contribution >= 0.6 is 0 Å². The number of hydrogen-bond acceptors (Lipinski definition) is 1. The predicted molar refractivity (Wildman–Crippen MR) is 40.3 cm³/mol. The Labute approximate surface area is 62.2 Å². The lowest BCUT2D eigenvalue weighted by molar-refractivity contribution is 0.238. The maximum Gasteiger partial charge on any atom is 0.312 e. The van der Waals surface area contributed by atoms with Crippen LogP contribution in [0.3, 0.4) is 0 Å². The summed E-state index contributed by atoms with van der Waals surface area (Å²) < 4.78 is 0. The molecule has 1 saturated carbocycles. The highest BCUT2D eigenvalue weighted by molar-refractivity contribution is 5.47. The molecule has 0 aliphatic heterocycles. The van der Waals surface area contributed by atoms with Crippen molar-refractivity contribution in [1.82, 2.24) is 4.90 Å². The standard InChI is InChI=1S/C8H14NO/c1-2-9(7-10)6-8-4-3-5-8/h8H,2-6H2,1H3. The van der Waals surface area contributed by atoms with Crippen molar-refractivity contribution in [1.29, 1.82) is 0 Å². The molecule has 0 heterocycles. The van der Waals surface area contributed by atoms with Crippen molar-refractivity contribution >= 4 is 6.41 Å². The van der Waals surface area contributed by atoms with Gasteiger partial charge < -0.3 is 4.90 Å². The molecule has 1 amide bonds. The SMILES string of the molecule is CCN([C]=O)CC1CCC1. The molecule has 1 fully saturated rings. The van der Waals surface area contributed by atoms with Gasteiger partial charge in [-0.05, 0) is 25.7 Å². The Morgan fingerprint density at radius 2 is 2.30 bits per heavy atom. The van der Waals surface area contributed by atoms with Crippen LogP contribution in [0.15, 0.2) is 0 Å². The fourth-order valence-electron chi connectivity index (χ4n) is 1.22. The van der Waals surface area contributed by atoms with E-state index in [1.54, 1.807) is 4.90 Å². The van der Waals surface area contributed by atoms with Crippen molar-refractivity contribution in [3.63, 3.8) is 0 Å². The Balaban J connectivity index is 2.13. The first-order valence-corrected chi connectivity index (χ1v) is 3.99. The van der Waals surface area contributed by atoms with Crippen LogP contribution in [0.2, 0.25) is 0 Å². The highest BCUT2D eigenvalue weighted by atomic mass is 16.1. The van der Waals surface area contributed by atoms with Gasteiger partial charge in [0, 0.05) is 13.1 Å². The van der Waals surface area contributed by atoms with Crippen LogP contribution in [0.4, 0.5) is 0 Å². The van der Waals surface area contributed by atoms with E-state index in [-0.39, 0.29) is 0 Å². The quantitative estimate of drug-likeness (QED) is 0.537. The average molecular weight is 140 g/mol. The van der Waals surface area contributed by atoms with Crippen LogP contribution in [0.1, 0.15) is 26.2 Å². The van der Waals surface area contributed by atoms with Crippen molar-refractivity contribution in [3.8, 4) is 0 Å². The molecule has 0 unspecified atom stereocenters. The Morgan fingerprint density at radius 1 is 1.60 bits per heavy atom. The monoisotopic (exact) mass is 140 g/mol. The molecule has 1 rings (SSSR count). The first-order chi connectivity index (χ1) is 4.86. The van der Waals surface area contributed by atoms with Gasteiger partial charge in [0.15, 0.2) is 0 Å². The van der Waals surface area contributed by atoms with Crippen molar-refractivity contribution in [2.75, 3.05) is 13.1 Å². The summed E-state index contributed by atoms with van der Waals surface area (Å²) in [6, 6.07) is 0. The molecule has 10 heavy (non-hydrogen) atoms. The molecule has 0 saturated heterocycles. The third-order valence-corrected chi connectivity index (χ3v) is 2.21. The summed E-state index contributed by atoms with van der Waals surface area (Å²) in [4.78, 5) is 11.9. The van der Waals surface area contributed by atoms with Gasteiger partial charge in [-0.3, -0.25) is 4.79 Å². The average Bonchev–Trinajstić information content (AvgIpc) is 1.87. The topological polar surface area (TPSA) is 20.3 Å². The van der Waals surface area contributed by atoms with Gasteiger partial charge in [-0.25, -0.2) is 0 Å². The fourth-order valence-corrected chi connectivity index (χ4v) is 1.22. The van der Waals surface area contributed by atoms with Crippen LogP contribution in [-0.2, 0) is 4.79 Å². The summed E-state index contributed by atoms with van der Waals surface area (Å²) in [5.41, 5.74) is 0. The number of carbonyl (C=O) groups excluding carboxylic acids is 1. The van der Waals surface area contributed by atoms with E-state index in [0.29, 0.717) is 0 Å². The molecule has 0 bridgehead atoms. The van der Waals surface area contributed by atoms with Gasteiger partial charge in [-0.15, -0.1) is 0 Å². The summed E-state index contributed by atoms with van der Waals surface area (Å²) in [6.07, 6.45) is 5.89. The Kier molecular flexibility index (Phi) is 2.72. The molecule has 2 nitrogen and oxygen atoms in total. The highest BCUT2D eigenvalue weighted by Crippen LogP contribution is 2.26. The minimum atomic E-state index is 0.779. The maximum absolute atomic E-state index is 10.2. The Bertz CT molecular complexity index is 110. The van der Waals surface area contributed by atoms with Gasteiger partial charge in [0.2, 0.25) is 0 Å². The fraction of sp³-hybridized carbons (Fsp3) is 0.875. The van der Waals surface area contributed by atoms with Crippen LogP contribution in [0.5, 0.6) is 0 Å². The smallest absolute Gasteiger partial charge is 0.312 e. The van der Waals surface area contributed by atoms with Gasteiger partial charge in [-0.2, -0.15) is 0 Å². The van der Waals surface area contributed by atoms with E-state index in [9.17, 15) is 4.79 Å². The summed E-state index contributed by atoms with van der Waals surface area (Å²) in [7, 11) is 0. The van der Waals surface area contributed by atoms with Crippen molar-refractivity contribution in [2.24, 2.45) is 5.92 Å². The summed E-state index contributed by atoms with van der Waals surface area (Å²) in [5, 5.41) is 0. The molecule has 0 aromatic heterocycles. The van der Waals surface area contributed by atoms with E-state index < -0.39 is 0 Å². The summed E-state index contributed by atoms with van der Waals surface area (Å²) >= 11 is 0. The molecule has 2 heteroatoms. The van der Waals surface area contributed by atoms with Gasteiger partial charge in [0.1, 0.15) is 0 Å². The van der Waals surface area contributed by atoms with E-state index in [2.05, 4.69) is 0 Å². The van der Waals surface area contributed by atoms with Gasteiger partial charge >= 0.3 is 6.41 Å². The second-order valence-electron chi connectivity index (χ2n) is 2.93. The summed E-state index contributed by atoms with van der Waals surface area (Å²) in [6.45, 7) is 3.73. The molecule has 0 aromatic carbocycles. The van der Waals surface area contributed by atoms with Gasteiger partial charge in [0.25, 0.3) is 0 Å². The van der Waals surface area contributed by atoms with E-state index in [0.717, 1.165) is 19.0 Å². The zero-order valence-corrected chi connectivity index (χ0v) is 6.47. The molecule has 1 aliphatic carbocycles. The molecule has 0 N–H and O–H groups in total. The van der Waals surface area contributed by atoms with Crippen LogP contribution in [0.25, 0.3) is 0 Å². The van der Waals surface area contributed by atoms with Crippen LogP contribution in [-0.4, -0.2) is 24.4 Å². The zero-order chi connectivity index (χ0) is 7.40. The summed E-state index contributed by atoms with van der Waals surface area (Å²) in [5.74, 6) is 0.779. The van der Waals surface area contributed by atoms with Gasteiger partial charge in [0.05, 0.1) is 0 Å². The minimum Gasteiger partial charge on any atom is -0.334 e. The highest BCUT2D eigenvalue weighted by Gasteiger charge is 2.19. The maximum atomic E-state index is 10.2. The number of nitrogens with zero attached hydrogens (tertiary/aromatic N) is 1. The number of amides is 1. The third-order valence-electron chi connectivity index (χ3n) is 2.21.